The van der Waals surface area contributed by atoms with Crippen molar-refractivity contribution in [2.45, 2.75) is 26.2 Å². The van der Waals surface area contributed by atoms with Gasteiger partial charge in [-0.05, 0) is 74.2 Å². The summed E-state index contributed by atoms with van der Waals surface area (Å²) in [5.74, 6) is 0. The fraction of sp³-hybridized carbons (Fsp3) is 0.250. The monoisotopic (exact) mass is 447 g/mol. The molecule has 5 nitrogen and oxygen atoms in total. The van der Waals surface area contributed by atoms with Gasteiger partial charge in [0.15, 0.2) is 5.00 Å². The van der Waals surface area contributed by atoms with E-state index < -0.39 is 0 Å². The number of hydrogen-bond donors (Lipinski definition) is 0. The SMILES string of the molecule is Cc1nc(/C(C#N)=C/c2ccc(N3CCCCC3)cc2)sc1N=Nc1ccc(Cl)cc1. The Morgan fingerprint density at radius 2 is 1.77 bits per heavy atom. The lowest BCUT2D eigenvalue weighted by Crippen LogP contribution is -2.29. The molecule has 1 saturated heterocycles. The Bertz CT molecular complexity index is 1130. The van der Waals surface area contributed by atoms with Gasteiger partial charge in [-0.1, -0.05) is 35.1 Å². The number of nitrogens with zero attached hydrogens (tertiary/aromatic N) is 5. The van der Waals surface area contributed by atoms with Crippen molar-refractivity contribution >= 4 is 51.0 Å². The second kappa shape index (κ2) is 9.86. The normalized spacial score (nSPS) is 14.7. The number of piperidine rings is 1. The number of hydrogen-bond acceptors (Lipinski definition) is 6. The van der Waals surface area contributed by atoms with Crippen LogP contribution in [0.4, 0.5) is 16.4 Å². The second-order valence-corrected chi connectivity index (χ2v) is 8.81. The number of nitriles is 1. The van der Waals surface area contributed by atoms with Crippen molar-refractivity contribution in [1.29, 1.82) is 5.26 Å². The molecular formula is C24H22ClN5S. The van der Waals surface area contributed by atoms with Crippen LogP contribution in [0.15, 0.2) is 58.8 Å². The van der Waals surface area contributed by atoms with E-state index in [4.69, 9.17) is 11.6 Å². The first kappa shape index (κ1) is 21.2. The lowest BCUT2D eigenvalue weighted by Gasteiger charge is -2.28. The Hall–Kier alpha value is -3.01. The van der Waals surface area contributed by atoms with Gasteiger partial charge in [-0.2, -0.15) is 5.26 Å². The molecule has 0 saturated carbocycles. The van der Waals surface area contributed by atoms with Crippen LogP contribution in [0.5, 0.6) is 0 Å². The van der Waals surface area contributed by atoms with Crippen LogP contribution in [-0.4, -0.2) is 18.1 Å². The number of aromatic nitrogens is 1. The molecule has 0 unspecified atom stereocenters. The highest BCUT2D eigenvalue weighted by atomic mass is 35.5. The quantitative estimate of drug-likeness (QED) is 0.299. The standard InChI is InChI=1S/C24H22ClN5S/c1-17-23(29-28-21-9-7-20(25)8-10-21)31-24(27-17)19(16-26)15-18-5-11-22(12-6-18)30-13-3-2-4-14-30/h5-12,15H,2-4,13-14H2,1H3/b19-15+,29-28?. The minimum Gasteiger partial charge on any atom is -0.372 e. The Labute approximate surface area is 191 Å². The summed E-state index contributed by atoms with van der Waals surface area (Å²) in [6, 6.07) is 17.8. The number of benzene rings is 2. The minimum absolute atomic E-state index is 0.520. The van der Waals surface area contributed by atoms with E-state index in [0.717, 1.165) is 24.3 Å². The number of halogens is 1. The zero-order chi connectivity index (χ0) is 21.6. The summed E-state index contributed by atoms with van der Waals surface area (Å²) in [6.45, 7) is 4.10. The molecule has 4 rings (SSSR count). The lowest BCUT2D eigenvalue weighted by atomic mass is 10.1. The first-order chi connectivity index (χ1) is 15.1. The molecule has 2 aromatic carbocycles. The summed E-state index contributed by atoms with van der Waals surface area (Å²) in [5.41, 5.74) is 4.20. The van der Waals surface area contributed by atoms with Gasteiger partial charge in [0.2, 0.25) is 0 Å². The smallest absolute Gasteiger partial charge is 0.162 e. The van der Waals surface area contributed by atoms with E-state index in [0.29, 0.717) is 26.3 Å². The number of rotatable bonds is 5. The van der Waals surface area contributed by atoms with Crippen LogP contribution >= 0.6 is 22.9 Å². The molecule has 0 spiro atoms. The third-order valence-corrected chi connectivity index (χ3v) is 6.46. The summed E-state index contributed by atoms with van der Waals surface area (Å²) >= 11 is 7.27. The summed E-state index contributed by atoms with van der Waals surface area (Å²) in [6.07, 6.45) is 5.69. The summed E-state index contributed by atoms with van der Waals surface area (Å²) in [5, 5.41) is 20.2. The van der Waals surface area contributed by atoms with Crippen molar-refractivity contribution in [2.75, 3.05) is 18.0 Å². The third kappa shape index (κ3) is 5.38. The molecule has 1 aliphatic rings. The zero-order valence-corrected chi connectivity index (χ0v) is 18.8. The Kier molecular flexibility index (Phi) is 6.76. The molecule has 0 amide bonds. The molecule has 31 heavy (non-hydrogen) atoms. The van der Waals surface area contributed by atoms with E-state index in [1.807, 2.05) is 13.0 Å². The van der Waals surface area contributed by atoms with Gasteiger partial charge in [-0.15, -0.1) is 10.2 Å². The van der Waals surface area contributed by atoms with Crippen LogP contribution in [-0.2, 0) is 0 Å². The highest BCUT2D eigenvalue weighted by molar-refractivity contribution is 7.16. The molecule has 0 aliphatic carbocycles. The van der Waals surface area contributed by atoms with E-state index in [9.17, 15) is 5.26 Å². The van der Waals surface area contributed by atoms with Gasteiger partial charge in [0, 0.05) is 23.8 Å². The van der Waals surface area contributed by atoms with E-state index in [-0.39, 0.29) is 0 Å². The van der Waals surface area contributed by atoms with Gasteiger partial charge in [0.25, 0.3) is 0 Å². The van der Waals surface area contributed by atoms with E-state index in [1.54, 1.807) is 24.3 Å². The van der Waals surface area contributed by atoms with Crippen molar-refractivity contribution in [3.05, 3.63) is 69.8 Å². The van der Waals surface area contributed by atoms with E-state index in [2.05, 4.69) is 50.4 Å². The maximum absolute atomic E-state index is 9.71. The molecule has 2 heterocycles. The molecule has 0 radical (unpaired) electrons. The van der Waals surface area contributed by atoms with Crippen molar-refractivity contribution in [2.24, 2.45) is 10.2 Å². The average molecular weight is 448 g/mol. The van der Waals surface area contributed by atoms with Gasteiger partial charge in [-0.25, -0.2) is 4.98 Å². The van der Waals surface area contributed by atoms with Crippen LogP contribution in [0.2, 0.25) is 5.02 Å². The third-order valence-electron chi connectivity index (χ3n) is 5.13. The highest BCUT2D eigenvalue weighted by Gasteiger charge is 2.13. The average Bonchev–Trinajstić information content (AvgIpc) is 3.18. The topological polar surface area (TPSA) is 64.6 Å². The number of thiazole rings is 1. The maximum Gasteiger partial charge on any atom is 0.162 e. The molecule has 3 aromatic rings. The summed E-state index contributed by atoms with van der Waals surface area (Å²) < 4.78 is 0. The number of anilines is 1. The highest BCUT2D eigenvalue weighted by Crippen LogP contribution is 2.33. The predicted molar refractivity (Wildman–Crippen MR) is 128 cm³/mol. The van der Waals surface area contributed by atoms with Crippen molar-refractivity contribution in [3.63, 3.8) is 0 Å². The largest absolute Gasteiger partial charge is 0.372 e. The first-order valence-corrected chi connectivity index (χ1v) is 11.4. The molecule has 156 valence electrons. The van der Waals surface area contributed by atoms with Crippen LogP contribution in [0, 0.1) is 18.3 Å². The van der Waals surface area contributed by atoms with E-state index in [1.165, 1.54) is 36.3 Å². The van der Waals surface area contributed by atoms with Crippen LogP contribution < -0.4 is 4.90 Å². The van der Waals surface area contributed by atoms with E-state index >= 15 is 0 Å². The van der Waals surface area contributed by atoms with Crippen LogP contribution in [0.25, 0.3) is 11.6 Å². The molecule has 1 fully saturated rings. The Morgan fingerprint density at radius 1 is 1.06 bits per heavy atom. The number of azo groups is 1. The van der Waals surface area contributed by atoms with Crippen LogP contribution in [0.3, 0.4) is 0 Å². The van der Waals surface area contributed by atoms with Crippen molar-refractivity contribution in [3.8, 4) is 6.07 Å². The molecule has 7 heteroatoms. The minimum atomic E-state index is 0.520. The van der Waals surface area contributed by atoms with Gasteiger partial charge in [0.05, 0.1) is 17.0 Å². The fourth-order valence-electron chi connectivity index (χ4n) is 3.45. The summed E-state index contributed by atoms with van der Waals surface area (Å²) in [4.78, 5) is 6.96. The van der Waals surface area contributed by atoms with Gasteiger partial charge in [-0.3, -0.25) is 0 Å². The number of allylic oxidation sites excluding steroid dienone is 1. The Morgan fingerprint density at radius 3 is 2.45 bits per heavy atom. The van der Waals surface area contributed by atoms with Crippen LogP contribution in [0.1, 0.15) is 35.5 Å². The molecule has 1 aliphatic heterocycles. The fourth-order valence-corrected chi connectivity index (χ4v) is 4.43. The molecule has 0 N–H and O–H groups in total. The second-order valence-electron chi connectivity index (χ2n) is 7.40. The molecule has 0 atom stereocenters. The lowest BCUT2D eigenvalue weighted by molar-refractivity contribution is 0.578. The summed E-state index contributed by atoms with van der Waals surface area (Å²) in [7, 11) is 0. The van der Waals surface area contributed by atoms with Gasteiger partial charge < -0.3 is 4.90 Å². The first-order valence-electron chi connectivity index (χ1n) is 10.2. The number of aryl methyl sites for hydroxylation is 1. The van der Waals surface area contributed by atoms with Gasteiger partial charge in [0.1, 0.15) is 11.1 Å². The van der Waals surface area contributed by atoms with Gasteiger partial charge >= 0.3 is 0 Å². The van der Waals surface area contributed by atoms with Crippen molar-refractivity contribution < 1.29 is 0 Å². The molecule has 0 bridgehead atoms. The molecule has 1 aromatic heterocycles. The predicted octanol–water partition coefficient (Wildman–Crippen LogP) is 7.57. The zero-order valence-electron chi connectivity index (χ0n) is 17.3. The van der Waals surface area contributed by atoms with Crippen molar-refractivity contribution in [1.82, 2.24) is 4.98 Å². The Balaban J connectivity index is 1.52. The maximum atomic E-state index is 9.71. The molecular weight excluding hydrogens is 426 g/mol.